The van der Waals surface area contributed by atoms with Gasteiger partial charge in [-0.2, -0.15) is 0 Å². The van der Waals surface area contributed by atoms with E-state index in [2.05, 4.69) is 17.6 Å². The van der Waals surface area contributed by atoms with Gasteiger partial charge in [0.25, 0.3) is 0 Å². The average molecular weight is 261 g/mol. The molecule has 0 bridgehead atoms. The van der Waals surface area contributed by atoms with Gasteiger partial charge in [-0.1, -0.05) is 24.9 Å². The third-order valence-corrected chi connectivity index (χ3v) is 3.30. The van der Waals surface area contributed by atoms with E-state index >= 15 is 0 Å². The number of nitrogens with one attached hydrogen (secondary N) is 2. The minimum Gasteiger partial charge on any atom is -0.355 e. The third-order valence-electron chi connectivity index (χ3n) is 2.07. The molecule has 0 saturated heterocycles. The van der Waals surface area contributed by atoms with Gasteiger partial charge in [0, 0.05) is 18.0 Å². The molecule has 0 saturated carbocycles. The number of hydrogen-bond acceptors (Lipinski definition) is 3. The molecule has 90 valence electrons. The Morgan fingerprint density at radius 2 is 2.31 bits per heavy atom. The number of carbonyl (C=O) groups excluding carboxylic acids is 1. The van der Waals surface area contributed by atoms with Gasteiger partial charge in [0.1, 0.15) is 0 Å². The molecular formula is C11H17ClN2OS. The Hall–Kier alpha value is -0.580. The number of carbonyl (C=O) groups is 1. The SMILES string of the molecule is CCCCNC(=O)CNCc1ccc(Cl)s1. The van der Waals surface area contributed by atoms with Crippen molar-refractivity contribution in [2.75, 3.05) is 13.1 Å². The summed E-state index contributed by atoms with van der Waals surface area (Å²) in [5.41, 5.74) is 0. The molecule has 0 spiro atoms. The van der Waals surface area contributed by atoms with Crippen molar-refractivity contribution in [3.63, 3.8) is 0 Å². The van der Waals surface area contributed by atoms with Crippen LogP contribution in [-0.4, -0.2) is 19.0 Å². The van der Waals surface area contributed by atoms with Crippen LogP contribution in [0.5, 0.6) is 0 Å². The summed E-state index contributed by atoms with van der Waals surface area (Å²) in [4.78, 5) is 12.5. The predicted molar refractivity (Wildman–Crippen MR) is 69.0 cm³/mol. The van der Waals surface area contributed by atoms with Gasteiger partial charge >= 0.3 is 0 Å². The summed E-state index contributed by atoms with van der Waals surface area (Å²) in [7, 11) is 0. The maximum atomic E-state index is 11.3. The van der Waals surface area contributed by atoms with Crippen LogP contribution in [0.4, 0.5) is 0 Å². The zero-order valence-electron chi connectivity index (χ0n) is 9.38. The van der Waals surface area contributed by atoms with Crippen molar-refractivity contribution < 1.29 is 4.79 Å². The lowest BCUT2D eigenvalue weighted by molar-refractivity contribution is -0.120. The van der Waals surface area contributed by atoms with Crippen LogP contribution in [0.15, 0.2) is 12.1 Å². The Balaban J connectivity index is 2.08. The highest BCUT2D eigenvalue weighted by molar-refractivity contribution is 7.16. The van der Waals surface area contributed by atoms with E-state index in [1.165, 1.54) is 11.3 Å². The van der Waals surface area contributed by atoms with E-state index in [9.17, 15) is 4.79 Å². The highest BCUT2D eigenvalue weighted by Crippen LogP contribution is 2.20. The molecule has 1 aromatic rings. The van der Waals surface area contributed by atoms with Crippen LogP contribution in [-0.2, 0) is 11.3 Å². The van der Waals surface area contributed by atoms with Crippen molar-refractivity contribution in [2.24, 2.45) is 0 Å². The fraction of sp³-hybridized carbons (Fsp3) is 0.545. The molecule has 0 atom stereocenters. The molecule has 2 N–H and O–H groups in total. The molecule has 1 rings (SSSR count). The lowest BCUT2D eigenvalue weighted by Crippen LogP contribution is -2.33. The van der Waals surface area contributed by atoms with Gasteiger partial charge in [-0.05, 0) is 18.6 Å². The molecule has 3 nitrogen and oxygen atoms in total. The van der Waals surface area contributed by atoms with Crippen molar-refractivity contribution in [3.8, 4) is 0 Å². The standard InChI is InChI=1S/C11H17ClN2OS/c1-2-3-6-14-11(15)8-13-7-9-4-5-10(12)16-9/h4-5,13H,2-3,6-8H2,1H3,(H,14,15). The Kier molecular flexibility index (Phi) is 6.45. The molecule has 1 heterocycles. The molecule has 0 aliphatic rings. The monoisotopic (exact) mass is 260 g/mol. The number of rotatable bonds is 7. The second kappa shape index (κ2) is 7.65. The topological polar surface area (TPSA) is 41.1 Å². The number of halogens is 1. The lowest BCUT2D eigenvalue weighted by atomic mass is 10.3. The quantitative estimate of drug-likeness (QED) is 0.740. The second-order valence-electron chi connectivity index (χ2n) is 3.51. The highest BCUT2D eigenvalue weighted by atomic mass is 35.5. The van der Waals surface area contributed by atoms with Crippen molar-refractivity contribution in [3.05, 3.63) is 21.3 Å². The van der Waals surface area contributed by atoms with E-state index < -0.39 is 0 Å². The van der Waals surface area contributed by atoms with Crippen molar-refractivity contribution in [1.29, 1.82) is 0 Å². The molecule has 0 fully saturated rings. The Labute approximate surface area is 105 Å². The van der Waals surface area contributed by atoms with E-state index in [1.54, 1.807) is 0 Å². The fourth-order valence-electron chi connectivity index (χ4n) is 1.21. The molecule has 0 aliphatic carbocycles. The molecule has 0 aromatic carbocycles. The zero-order valence-corrected chi connectivity index (χ0v) is 11.0. The number of hydrogen-bond donors (Lipinski definition) is 2. The van der Waals surface area contributed by atoms with Crippen LogP contribution in [0.1, 0.15) is 24.6 Å². The maximum absolute atomic E-state index is 11.3. The third kappa shape index (κ3) is 5.49. The zero-order chi connectivity index (χ0) is 11.8. The van der Waals surface area contributed by atoms with Gasteiger partial charge in [0.05, 0.1) is 10.9 Å². The minimum atomic E-state index is 0.0519. The van der Waals surface area contributed by atoms with Crippen LogP contribution in [0.25, 0.3) is 0 Å². The minimum absolute atomic E-state index is 0.0519. The van der Waals surface area contributed by atoms with E-state index in [4.69, 9.17) is 11.6 Å². The lowest BCUT2D eigenvalue weighted by Gasteiger charge is -2.04. The number of unbranched alkanes of at least 4 members (excludes halogenated alkanes) is 1. The van der Waals surface area contributed by atoms with Gasteiger partial charge in [-0.25, -0.2) is 0 Å². The first-order chi connectivity index (χ1) is 7.72. The number of thiophene rings is 1. The Morgan fingerprint density at radius 3 is 2.94 bits per heavy atom. The van der Waals surface area contributed by atoms with Gasteiger partial charge in [0.15, 0.2) is 0 Å². The van der Waals surface area contributed by atoms with Crippen LogP contribution < -0.4 is 10.6 Å². The normalized spacial score (nSPS) is 10.4. The van der Waals surface area contributed by atoms with Gasteiger partial charge in [-0.15, -0.1) is 11.3 Å². The van der Waals surface area contributed by atoms with Gasteiger partial charge in [-0.3, -0.25) is 4.79 Å². The summed E-state index contributed by atoms with van der Waals surface area (Å²) in [5, 5.41) is 5.93. The summed E-state index contributed by atoms with van der Waals surface area (Å²) in [6.07, 6.45) is 2.13. The van der Waals surface area contributed by atoms with Crippen LogP contribution in [0, 0.1) is 0 Å². The smallest absolute Gasteiger partial charge is 0.233 e. The summed E-state index contributed by atoms with van der Waals surface area (Å²) in [6.45, 7) is 3.92. The van der Waals surface area contributed by atoms with Crippen LogP contribution in [0.3, 0.4) is 0 Å². The van der Waals surface area contributed by atoms with E-state index in [0.29, 0.717) is 13.1 Å². The molecule has 1 aromatic heterocycles. The molecule has 16 heavy (non-hydrogen) atoms. The van der Waals surface area contributed by atoms with Gasteiger partial charge < -0.3 is 10.6 Å². The molecule has 1 amide bonds. The van der Waals surface area contributed by atoms with E-state index in [1.807, 2.05) is 12.1 Å². The summed E-state index contributed by atoms with van der Waals surface area (Å²) in [6, 6.07) is 3.83. The Bertz CT molecular complexity index is 328. The maximum Gasteiger partial charge on any atom is 0.233 e. The van der Waals surface area contributed by atoms with Crippen LogP contribution in [0.2, 0.25) is 4.34 Å². The fourth-order valence-corrected chi connectivity index (χ4v) is 2.27. The first-order valence-corrected chi connectivity index (χ1v) is 6.63. The molecule has 0 aliphatic heterocycles. The highest BCUT2D eigenvalue weighted by Gasteiger charge is 2.01. The van der Waals surface area contributed by atoms with E-state index in [0.717, 1.165) is 28.6 Å². The average Bonchev–Trinajstić information content (AvgIpc) is 2.65. The van der Waals surface area contributed by atoms with Crippen molar-refractivity contribution >= 4 is 28.8 Å². The molecule has 5 heteroatoms. The van der Waals surface area contributed by atoms with Gasteiger partial charge in [0.2, 0.25) is 5.91 Å². The predicted octanol–water partition coefficient (Wildman–Crippen LogP) is 2.41. The number of amides is 1. The summed E-state index contributed by atoms with van der Waals surface area (Å²) in [5.74, 6) is 0.0519. The van der Waals surface area contributed by atoms with Crippen LogP contribution >= 0.6 is 22.9 Å². The van der Waals surface area contributed by atoms with Crippen molar-refractivity contribution in [1.82, 2.24) is 10.6 Å². The first kappa shape index (κ1) is 13.5. The molecule has 0 unspecified atom stereocenters. The van der Waals surface area contributed by atoms with Crippen molar-refractivity contribution in [2.45, 2.75) is 26.3 Å². The van der Waals surface area contributed by atoms with E-state index in [-0.39, 0.29) is 5.91 Å². The summed E-state index contributed by atoms with van der Waals surface area (Å²) < 4.78 is 0.782. The summed E-state index contributed by atoms with van der Waals surface area (Å²) >= 11 is 7.33. The largest absolute Gasteiger partial charge is 0.355 e. The molecular weight excluding hydrogens is 244 g/mol. The first-order valence-electron chi connectivity index (χ1n) is 5.44. The molecule has 0 radical (unpaired) electrons. The Morgan fingerprint density at radius 1 is 1.50 bits per heavy atom. The second-order valence-corrected chi connectivity index (χ2v) is 5.31.